The topological polar surface area (TPSA) is 67.2 Å². The smallest absolute Gasteiger partial charge is 0.272 e. The van der Waals surface area contributed by atoms with Gasteiger partial charge in [-0.2, -0.15) is 0 Å². The molecular weight excluding hydrogens is 388 g/mol. The number of nitrogens with one attached hydrogen (secondary N) is 1. The lowest BCUT2D eigenvalue weighted by molar-refractivity contribution is 0.0917. The van der Waals surface area contributed by atoms with Crippen molar-refractivity contribution in [2.24, 2.45) is 0 Å². The van der Waals surface area contributed by atoms with Gasteiger partial charge in [0, 0.05) is 36.6 Å². The first-order chi connectivity index (χ1) is 14.0. The van der Waals surface area contributed by atoms with Gasteiger partial charge in [-0.25, -0.2) is 4.98 Å². The Kier molecular flexibility index (Phi) is 5.90. The number of halogens is 1. The highest BCUT2D eigenvalue weighted by molar-refractivity contribution is 6.31. The minimum Gasteiger partial charge on any atom is -0.348 e. The van der Waals surface area contributed by atoms with E-state index in [2.05, 4.69) is 5.32 Å². The van der Waals surface area contributed by atoms with Crippen molar-refractivity contribution < 1.29 is 9.59 Å². The largest absolute Gasteiger partial charge is 0.348 e. The molecule has 0 radical (unpaired) electrons. The maximum absolute atomic E-state index is 13.3. The maximum Gasteiger partial charge on any atom is 0.272 e. The molecule has 0 spiro atoms. The van der Waals surface area contributed by atoms with Crippen molar-refractivity contribution >= 4 is 29.2 Å². The van der Waals surface area contributed by atoms with E-state index in [1.54, 1.807) is 31.3 Å². The van der Waals surface area contributed by atoms with Gasteiger partial charge in [0.05, 0.1) is 0 Å². The van der Waals surface area contributed by atoms with Crippen molar-refractivity contribution in [1.29, 1.82) is 0 Å². The lowest BCUT2D eigenvalue weighted by atomic mass is 9.95. The van der Waals surface area contributed by atoms with Crippen LogP contribution in [0.5, 0.6) is 0 Å². The van der Waals surface area contributed by atoms with Crippen LogP contribution < -0.4 is 10.2 Å². The maximum atomic E-state index is 13.3. The SMILES string of the molecule is CN(C(=O)c1cccc(Cl)c1)c1nc2n(c1C(=O)NC1CCCCC1)CCCC2. The average Bonchev–Trinajstić information content (AvgIpc) is 3.13. The minimum absolute atomic E-state index is 0.127. The summed E-state index contributed by atoms with van der Waals surface area (Å²) in [4.78, 5) is 32.5. The quantitative estimate of drug-likeness (QED) is 0.814. The zero-order chi connectivity index (χ0) is 20.4. The Balaban J connectivity index is 1.66. The Labute approximate surface area is 176 Å². The lowest BCUT2D eigenvalue weighted by Gasteiger charge is -2.24. The number of hydrogen-bond donors (Lipinski definition) is 1. The summed E-state index contributed by atoms with van der Waals surface area (Å²) in [5, 5.41) is 3.70. The molecule has 7 heteroatoms. The molecule has 0 unspecified atom stereocenters. The van der Waals surface area contributed by atoms with Gasteiger partial charge in [-0.1, -0.05) is 36.9 Å². The predicted octanol–water partition coefficient (Wildman–Crippen LogP) is 4.21. The molecule has 2 amide bonds. The minimum atomic E-state index is -0.227. The monoisotopic (exact) mass is 414 g/mol. The standard InChI is InChI=1S/C22H27ClN4O2/c1-26(22(29)15-8-7-9-16(23)14-15)20-19(27-13-6-5-12-18(27)25-20)21(28)24-17-10-3-2-4-11-17/h7-9,14,17H,2-6,10-13H2,1H3,(H,24,28). The number of rotatable bonds is 4. The Hall–Kier alpha value is -2.34. The van der Waals surface area contributed by atoms with Crippen LogP contribution in [-0.2, 0) is 13.0 Å². The zero-order valence-electron chi connectivity index (χ0n) is 16.8. The number of nitrogens with zero attached hydrogens (tertiary/aromatic N) is 3. The van der Waals surface area contributed by atoms with Crippen molar-refractivity contribution in [2.45, 2.75) is 64.0 Å². The van der Waals surface area contributed by atoms with Gasteiger partial charge in [0.15, 0.2) is 11.5 Å². The molecule has 1 saturated carbocycles. The van der Waals surface area contributed by atoms with E-state index in [0.29, 0.717) is 22.1 Å². The molecule has 0 atom stereocenters. The van der Waals surface area contributed by atoms with Crippen molar-refractivity contribution in [3.05, 3.63) is 46.4 Å². The summed E-state index contributed by atoms with van der Waals surface area (Å²) in [6, 6.07) is 7.04. The fourth-order valence-electron chi connectivity index (χ4n) is 4.34. The van der Waals surface area contributed by atoms with Gasteiger partial charge in [0.25, 0.3) is 11.8 Å². The van der Waals surface area contributed by atoms with Crippen molar-refractivity contribution in [2.75, 3.05) is 11.9 Å². The number of fused-ring (bicyclic) bond motifs is 1. The van der Waals surface area contributed by atoms with Crippen LogP contribution in [0.15, 0.2) is 24.3 Å². The third-order valence-electron chi connectivity index (χ3n) is 5.91. The van der Waals surface area contributed by atoms with Gasteiger partial charge in [0.1, 0.15) is 5.82 Å². The van der Waals surface area contributed by atoms with E-state index in [-0.39, 0.29) is 17.9 Å². The van der Waals surface area contributed by atoms with Crippen LogP contribution in [0.25, 0.3) is 0 Å². The number of hydrogen-bond acceptors (Lipinski definition) is 3. The number of carbonyl (C=O) groups excluding carboxylic acids is 2. The summed E-state index contributed by atoms with van der Waals surface area (Å²) >= 11 is 6.06. The average molecular weight is 415 g/mol. The van der Waals surface area contributed by atoms with E-state index in [4.69, 9.17) is 16.6 Å². The first-order valence-corrected chi connectivity index (χ1v) is 10.9. The Bertz CT molecular complexity index is 918. The van der Waals surface area contributed by atoms with E-state index in [9.17, 15) is 9.59 Å². The number of aryl methyl sites for hydroxylation is 1. The molecule has 1 aliphatic carbocycles. The van der Waals surface area contributed by atoms with Gasteiger partial charge in [-0.3, -0.25) is 14.5 Å². The molecule has 1 N–H and O–H groups in total. The molecule has 0 bridgehead atoms. The van der Waals surface area contributed by atoms with Crippen molar-refractivity contribution in [3.8, 4) is 0 Å². The Morgan fingerprint density at radius 2 is 1.97 bits per heavy atom. The van der Waals surface area contributed by atoms with Crippen molar-refractivity contribution in [3.63, 3.8) is 0 Å². The Morgan fingerprint density at radius 1 is 1.17 bits per heavy atom. The van der Waals surface area contributed by atoms with Crippen LogP contribution >= 0.6 is 11.6 Å². The van der Waals surface area contributed by atoms with Gasteiger partial charge in [-0.05, 0) is 43.9 Å². The third kappa shape index (κ3) is 4.17. The number of aromatic nitrogens is 2. The molecule has 4 rings (SSSR count). The van der Waals surface area contributed by atoms with Gasteiger partial charge in [-0.15, -0.1) is 0 Å². The first kappa shape index (κ1) is 20.0. The molecule has 6 nitrogen and oxygen atoms in total. The van der Waals surface area contributed by atoms with E-state index < -0.39 is 0 Å². The second-order valence-electron chi connectivity index (χ2n) is 7.99. The Morgan fingerprint density at radius 3 is 2.72 bits per heavy atom. The fraction of sp³-hybridized carbons (Fsp3) is 0.500. The molecular formula is C22H27ClN4O2. The van der Waals surface area contributed by atoms with Crippen LogP contribution in [0.4, 0.5) is 5.82 Å². The second-order valence-corrected chi connectivity index (χ2v) is 8.43. The number of amides is 2. The van der Waals surface area contributed by atoms with E-state index in [1.165, 1.54) is 11.3 Å². The first-order valence-electron chi connectivity index (χ1n) is 10.5. The molecule has 0 saturated heterocycles. The van der Waals surface area contributed by atoms with Crippen LogP contribution in [0.3, 0.4) is 0 Å². The zero-order valence-corrected chi connectivity index (χ0v) is 17.5. The number of benzene rings is 1. The number of imidazole rings is 1. The van der Waals surface area contributed by atoms with E-state index in [0.717, 1.165) is 57.3 Å². The lowest BCUT2D eigenvalue weighted by Crippen LogP contribution is -2.38. The summed E-state index contributed by atoms with van der Waals surface area (Å²) in [5.74, 6) is 0.957. The molecule has 154 valence electrons. The fourth-order valence-corrected chi connectivity index (χ4v) is 4.53. The normalized spacial score (nSPS) is 16.9. The highest BCUT2D eigenvalue weighted by Gasteiger charge is 2.30. The predicted molar refractivity (Wildman–Crippen MR) is 114 cm³/mol. The van der Waals surface area contributed by atoms with Crippen LogP contribution in [0.2, 0.25) is 5.02 Å². The molecule has 2 aromatic rings. The molecule has 1 aromatic carbocycles. The molecule has 1 aromatic heterocycles. The second kappa shape index (κ2) is 8.57. The number of carbonyl (C=O) groups is 2. The third-order valence-corrected chi connectivity index (χ3v) is 6.14. The summed E-state index contributed by atoms with van der Waals surface area (Å²) < 4.78 is 2.00. The van der Waals surface area contributed by atoms with E-state index >= 15 is 0 Å². The van der Waals surface area contributed by atoms with Gasteiger partial charge < -0.3 is 9.88 Å². The van der Waals surface area contributed by atoms with Crippen molar-refractivity contribution in [1.82, 2.24) is 14.9 Å². The summed E-state index contributed by atoms with van der Waals surface area (Å²) in [6.45, 7) is 0.759. The summed E-state index contributed by atoms with van der Waals surface area (Å²) in [5.41, 5.74) is 0.979. The summed E-state index contributed by atoms with van der Waals surface area (Å²) in [7, 11) is 1.68. The number of anilines is 1. The van der Waals surface area contributed by atoms with Crippen LogP contribution in [-0.4, -0.2) is 34.5 Å². The highest BCUT2D eigenvalue weighted by Crippen LogP contribution is 2.28. The molecule has 1 aliphatic heterocycles. The molecule has 2 aliphatic rings. The van der Waals surface area contributed by atoms with Crippen LogP contribution in [0.1, 0.15) is 71.6 Å². The molecule has 2 heterocycles. The highest BCUT2D eigenvalue weighted by atomic mass is 35.5. The molecule has 1 fully saturated rings. The van der Waals surface area contributed by atoms with E-state index in [1.807, 2.05) is 4.57 Å². The molecule has 29 heavy (non-hydrogen) atoms. The van der Waals surface area contributed by atoms with Gasteiger partial charge >= 0.3 is 0 Å². The van der Waals surface area contributed by atoms with Crippen LogP contribution in [0, 0.1) is 0 Å². The van der Waals surface area contributed by atoms with Gasteiger partial charge in [0.2, 0.25) is 0 Å². The summed E-state index contributed by atoms with van der Waals surface area (Å²) in [6.07, 6.45) is 8.44.